The highest BCUT2D eigenvalue weighted by Crippen LogP contribution is 2.30. The smallest absolute Gasteiger partial charge is 0.146 e. The van der Waals surface area contributed by atoms with Crippen LogP contribution in [0.1, 0.15) is 18.9 Å². The molecule has 1 atom stereocenters. The van der Waals surface area contributed by atoms with Gasteiger partial charge in [0.25, 0.3) is 0 Å². The Labute approximate surface area is 98.4 Å². The molecule has 1 heterocycles. The lowest BCUT2D eigenvalue weighted by Gasteiger charge is -2.21. The van der Waals surface area contributed by atoms with Gasteiger partial charge in [-0.1, -0.05) is 35.0 Å². The average Bonchev–Trinajstić information content (AvgIpc) is 2.64. The van der Waals surface area contributed by atoms with Crippen LogP contribution in [0, 0.1) is 11.7 Å². The van der Waals surface area contributed by atoms with Crippen molar-refractivity contribution in [1.82, 2.24) is 0 Å². The average molecular weight is 272 g/mol. The zero-order valence-corrected chi connectivity index (χ0v) is 10.4. The minimum Gasteiger partial charge on any atom is -0.369 e. The minimum atomic E-state index is -0.0962. The van der Waals surface area contributed by atoms with E-state index in [1.165, 1.54) is 0 Å². The van der Waals surface area contributed by atoms with Gasteiger partial charge in [0.2, 0.25) is 0 Å². The van der Waals surface area contributed by atoms with Crippen LogP contribution in [-0.2, 0) is 5.33 Å². The maximum Gasteiger partial charge on any atom is 0.146 e. The predicted octanol–water partition coefficient (Wildman–Crippen LogP) is 3.57. The fourth-order valence-corrected chi connectivity index (χ4v) is 2.61. The van der Waals surface area contributed by atoms with Crippen molar-refractivity contribution < 1.29 is 4.39 Å². The summed E-state index contributed by atoms with van der Waals surface area (Å²) in [5.41, 5.74) is 1.84. The molecule has 1 aromatic carbocycles. The largest absolute Gasteiger partial charge is 0.369 e. The van der Waals surface area contributed by atoms with Crippen LogP contribution in [0.5, 0.6) is 0 Å². The van der Waals surface area contributed by atoms with Crippen LogP contribution < -0.4 is 4.90 Å². The maximum atomic E-state index is 13.8. The molecule has 1 nitrogen and oxygen atoms in total. The molecule has 82 valence electrons. The van der Waals surface area contributed by atoms with E-state index < -0.39 is 0 Å². The molecule has 1 aliphatic rings. The first-order chi connectivity index (χ1) is 7.22. The van der Waals surface area contributed by atoms with Crippen LogP contribution in [0.3, 0.4) is 0 Å². The second-order valence-corrected chi connectivity index (χ2v) is 4.78. The third kappa shape index (κ3) is 2.17. The Bertz CT molecular complexity index is 353. The van der Waals surface area contributed by atoms with Gasteiger partial charge < -0.3 is 4.90 Å². The Morgan fingerprint density at radius 1 is 1.53 bits per heavy atom. The quantitative estimate of drug-likeness (QED) is 0.744. The third-order valence-electron chi connectivity index (χ3n) is 2.95. The molecule has 0 amide bonds. The first kappa shape index (κ1) is 10.9. The number of para-hydroxylation sites is 1. The molecule has 0 bridgehead atoms. The number of hydrogen-bond donors (Lipinski definition) is 0. The number of rotatable bonds is 2. The van der Waals surface area contributed by atoms with Gasteiger partial charge in [-0.2, -0.15) is 0 Å². The lowest BCUT2D eigenvalue weighted by atomic mass is 10.1. The first-order valence-electron chi connectivity index (χ1n) is 5.30. The molecule has 1 fully saturated rings. The molecule has 1 aromatic rings. The van der Waals surface area contributed by atoms with Crippen LogP contribution in [0.15, 0.2) is 18.2 Å². The third-order valence-corrected chi connectivity index (χ3v) is 3.56. The summed E-state index contributed by atoms with van der Waals surface area (Å²) in [7, 11) is 0. The number of benzene rings is 1. The number of hydrogen-bond acceptors (Lipinski definition) is 1. The molecule has 0 spiro atoms. The summed E-state index contributed by atoms with van der Waals surface area (Å²) in [6.07, 6.45) is 1.16. The van der Waals surface area contributed by atoms with Gasteiger partial charge in [0.1, 0.15) is 5.82 Å². The van der Waals surface area contributed by atoms with Gasteiger partial charge in [0.15, 0.2) is 0 Å². The molecule has 1 unspecified atom stereocenters. The molecule has 0 aromatic heterocycles. The SMILES string of the molecule is CC1CCN(c2c(F)cccc2CBr)C1. The van der Waals surface area contributed by atoms with E-state index in [1.807, 2.05) is 6.07 Å². The molecule has 0 N–H and O–H groups in total. The van der Waals surface area contributed by atoms with Crippen molar-refractivity contribution in [2.45, 2.75) is 18.7 Å². The lowest BCUT2D eigenvalue weighted by molar-refractivity contribution is 0.618. The molecule has 1 saturated heterocycles. The van der Waals surface area contributed by atoms with Gasteiger partial charge in [0.05, 0.1) is 5.69 Å². The molecular formula is C12H15BrFN. The zero-order chi connectivity index (χ0) is 10.8. The van der Waals surface area contributed by atoms with Crippen molar-refractivity contribution in [2.75, 3.05) is 18.0 Å². The first-order valence-corrected chi connectivity index (χ1v) is 6.43. The van der Waals surface area contributed by atoms with Crippen LogP contribution in [0.4, 0.5) is 10.1 Å². The van der Waals surface area contributed by atoms with Crippen molar-refractivity contribution in [3.63, 3.8) is 0 Å². The highest BCUT2D eigenvalue weighted by molar-refractivity contribution is 9.08. The summed E-state index contributed by atoms with van der Waals surface area (Å²) >= 11 is 3.41. The lowest BCUT2D eigenvalue weighted by Crippen LogP contribution is -2.21. The summed E-state index contributed by atoms with van der Waals surface area (Å²) in [6.45, 7) is 4.16. The minimum absolute atomic E-state index is 0.0962. The van der Waals surface area contributed by atoms with E-state index in [1.54, 1.807) is 12.1 Å². The normalized spacial score (nSPS) is 21.0. The molecular weight excluding hydrogens is 257 g/mol. The monoisotopic (exact) mass is 271 g/mol. The highest BCUT2D eigenvalue weighted by Gasteiger charge is 2.23. The maximum absolute atomic E-state index is 13.8. The van der Waals surface area contributed by atoms with E-state index in [0.717, 1.165) is 30.8 Å². The van der Waals surface area contributed by atoms with Gasteiger partial charge in [-0.3, -0.25) is 0 Å². The van der Waals surface area contributed by atoms with E-state index in [0.29, 0.717) is 11.2 Å². The van der Waals surface area contributed by atoms with Crippen molar-refractivity contribution in [1.29, 1.82) is 0 Å². The van der Waals surface area contributed by atoms with E-state index in [9.17, 15) is 4.39 Å². The van der Waals surface area contributed by atoms with E-state index in [2.05, 4.69) is 27.8 Å². The Balaban J connectivity index is 2.33. The van der Waals surface area contributed by atoms with Crippen LogP contribution in [-0.4, -0.2) is 13.1 Å². The Morgan fingerprint density at radius 3 is 2.93 bits per heavy atom. The summed E-state index contributed by atoms with van der Waals surface area (Å²) in [4.78, 5) is 2.16. The topological polar surface area (TPSA) is 3.24 Å². The highest BCUT2D eigenvalue weighted by atomic mass is 79.9. The van der Waals surface area contributed by atoms with Gasteiger partial charge in [-0.25, -0.2) is 4.39 Å². The summed E-state index contributed by atoms with van der Waals surface area (Å²) in [6, 6.07) is 5.30. The summed E-state index contributed by atoms with van der Waals surface area (Å²) in [5.74, 6) is 0.578. The summed E-state index contributed by atoms with van der Waals surface area (Å²) < 4.78 is 13.8. The number of halogens is 2. The van der Waals surface area contributed by atoms with Gasteiger partial charge in [-0.15, -0.1) is 0 Å². The Hall–Kier alpha value is -0.570. The van der Waals surface area contributed by atoms with Crippen molar-refractivity contribution in [3.05, 3.63) is 29.6 Å². The molecule has 15 heavy (non-hydrogen) atoms. The standard InChI is InChI=1S/C12H15BrFN/c1-9-5-6-15(8-9)12-10(7-13)3-2-4-11(12)14/h2-4,9H,5-8H2,1H3. The second kappa shape index (κ2) is 4.52. The molecule has 1 aliphatic heterocycles. The van der Waals surface area contributed by atoms with Crippen LogP contribution in [0.2, 0.25) is 0 Å². The number of alkyl halides is 1. The van der Waals surface area contributed by atoms with Crippen molar-refractivity contribution in [3.8, 4) is 0 Å². The van der Waals surface area contributed by atoms with E-state index in [4.69, 9.17) is 0 Å². The zero-order valence-electron chi connectivity index (χ0n) is 8.84. The van der Waals surface area contributed by atoms with Crippen molar-refractivity contribution in [2.24, 2.45) is 5.92 Å². The van der Waals surface area contributed by atoms with E-state index in [-0.39, 0.29) is 5.82 Å². The predicted molar refractivity (Wildman–Crippen MR) is 65.0 cm³/mol. The molecule has 0 saturated carbocycles. The Kier molecular flexibility index (Phi) is 3.29. The number of nitrogens with zero attached hydrogens (tertiary/aromatic N) is 1. The van der Waals surface area contributed by atoms with Crippen LogP contribution in [0.25, 0.3) is 0 Å². The Morgan fingerprint density at radius 2 is 2.33 bits per heavy atom. The number of anilines is 1. The fourth-order valence-electron chi connectivity index (χ4n) is 2.16. The van der Waals surface area contributed by atoms with E-state index >= 15 is 0 Å². The molecule has 0 aliphatic carbocycles. The van der Waals surface area contributed by atoms with Gasteiger partial charge in [0, 0.05) is 18.4 Å². The summed E-state index contributed by atoms with van der Waals surface area (Å²) in [5, 5.41) is 0.713. The molecule has 2 rings (SSSR count). The fraction of sp³-hybridized carbons (Fsp3) is 0.500. The van der Waals surface area contributed by atoms with Gasteiger partial charge >= 0.3 is 0 Å². The second-order valence-electron chi connectivity index (χ2n) is 4.22. The van der Waals surface area contributed by atoms with Gasteiger partial charge in [-0.05, 0) is 24.0 Å². The van der Waals surface area contributed by atoms with Crippen LogP contribution >= 0.6 is 15.9 Å². The molecule has 3 heteroatoms. The van der Waals surface area contributed by atoms with Crippen molar-refractivity contribution >= 4 is 21.6 Å². The molecule has 0 radical (unpaired) electrons.